The zero-order valence-electron chi connectivity index (χ0n) is 9.98. The van der Waals surface area contributed by atoms with Crippen molar-refractivity contribution in [3.05, 3.63) is 23.9 Å². The largest absolute Gasteiger partial charge is 0.478 e. The first kappa shape index (κ1) is 13.9. The molecule has 7 nitrogen and oxygen atoms in total. The third kappa shape index (κ3) is 3.49. The number of nitrogens with zero attached hydrogens (tertiary/aromatic N) is 1. The lowest BCUT2D eigenvalue weighted by molar-refractivity contribution is 0.0696. The fourth-order valence-corrected chi connectivity index (χ4v) is 2.56. The normalized spacial score (nSPS) is 17.1. The predicted molar refractivity (Wildman–Crippen MR) is 65.1 cm³/mol. The van der Waals surface area contributed by atoms with Gasteiger partial charge in [0, 0.05) is 12.7 Å². The minimum absolute atomic E-state index is 0.0602. The summed E-state index contributed by atoms with van der Waals surface area (Å²) in [5.74, 6) is -1.00. The van der Waals surface area contributed by atoms with Crippen molar-refractivity contribution in [1.29, 1.82) is 0 Å². The Morgan fingerprint density at radius 3 is 2.63 bits per heavy atom. The molecule has 3 N–H and O–H groups in total. The number of carboxylic acid groups (broad SMARTS) is 1. The Hall–Kier alpha value is -1.51. The Kier molecular flexibility index (Phi) is 3.83. The molecular weight excluding hydrogens is 272 g/mol. The third-order valence-electron chi connectivity index (χ3n) is 2.91. The van der Waals surface area contributed by atoms with Gasteiger partial charge in [0.2, 0.25) is 0 Å². The maximum absolute atomic E-state index is 11.8. The molecule has 0 aromatic carbocycles. The van der Waals surface area contributed by atoms with Gasteiger partial charge in [-0.2, -0.15) is 0 Å². The van der Waals surface area contributed by atoms with Crippen LogP contribution in [0.5, 0.6) is 0 Å². The molecule has 1 saturated carbocycles. The van der Waals surface area contributed by atoms with E-state index in [1.807, 2.05) is 0 Å². The lowest BCUT2D eigenvalue weighted by Crippen LogP contribution is -2.33. The van der Waals surface area contributed by atoms with Gasteiger partial charge in [-0.15, -0.1) is 0 Å². The van der Waals surface area contributed by atoms with Crippen molar-refractivity contribution >= 4 is 16.0 Å². The summed E-state index contributed by atoms with van der Waals surface area (Å²) in [6.45, 7) is -0.0602. The van der Waals surface area contributed by atoms with Gasteiger partial charge in [-0.05, 0) is 30.9 Å². The molecule has 104 valence electrons. The second-order valence-corrected chi connectivity index (χ2v) is 6.16. The van der Waals surface area contributed by atoms with Crippen molar-refractivity contribution in [3.63, 3.8) is 0 Å². The van der Waals surface area contributed by atoms with Gasteiger partial charge < -0.3 is 10.2 Å². The van der Waals surface area contributed by atoms with Crippen LogP contribution in [0.25, 0.3) is 0 Å². The number of carbonyl (C=O) groups is 1. The van der Waals surface area contributed by atoms with E-state index in [4.69, 9.17) is 5.11 Å². The van der Waals surface area contributed by atoms with E-state index in [-0.39, 0.29) is 23.1 Å². The van der Waals surface area contributed by atoms with E-state index in [2.05, 4.69) is 9.71 Å². The highest BCUT2D eigenvalue weighted by molar-refractivity contribution is 7.89. The first-order valence-corrected chi connectivity index (χ1v) is 7.25. The average Bonchev–Trinajstić information content (AvgIpc) is 3.20. The van der Waals surface area contributed by atoms with Crippen molar-refractivity contribution < 1.29 is 23.4 Å². The topological polar surface area (TPSA) is 117 Å². The van der Waals surface area contributed by atoms with Crippen LogP contribution in [0.2, 0.25) is 0 Å². The minimum Gasteiger partial charge on any atom is -0.478 e. The van der Waals surface area contributed by atoms with Gasteiger partial charge in [0.15, 0.2) is 5.03 Å². The number of aliphatic hydroxyl groups excluding tert-OH is 1. The molecule has 1 atom stereocenters. The molecule has 8 heteroatoms. The first-order valence-electron chi connectivity index (χ1n) is 5.77. The fraction of sp³-hybridized carbons (Fsp3) is 0.455. The molecule has 1 aliphatic carbocycles. The van der Waals surface area contributed by atoms with Crippen LogP contribution in [0, 0.1) is 5.92 Å². The van der Waals surface area contributed by atoms with Crippen molar-refractivity contribution in [2.45, 2.75) is 24.0 Å². The first-order chi connectivity index (χ1) is 8.90. The molecule has 0 radical (unpaired) electrons. The Labute approximate surface area is 110 Å². The summed E-state index contributed by atoms with van der Waals surface area (Å²) in [6.07, 6.45) is 2.12. The second-order valence-electron chi connectivity index (χ2n) is 4.45. The zero-order valence-corrected chi connectivity index (χ0v) is 10.8. The van der Waals surface area contributed by atoms with E-state index < -0.39 is 22.1 Å². The summed E-state index contributed by atoms with van der Waals surface area (Å²) >= 11 is 0. The van der Waals surface area contributed by atoms with Gasteiger partial charge >= 0.3 is 5.97 Å². The SMILES string of the molecule is O=C(O)c1ccc(S(=O)(=O)NCC(O)C2CC2)nc1. The molecule has 1 aromatic rings. The lowest BCUT2D eigenvalue weighted by atomic mass is 10.2. The molecule has 2 rings (SSSR count). The Balaban J connectivity index is 2.03. The van der Waals surface area contributed by atoms with Gasteiger partial charge in [0.25, 0.3) is 10.0 Å². The summed E-state index contributed by atoms with van der Waals surface area (Å²) in [4.78, 5) is 14.2. The summed E-state index contributed by atoms with van der Waals surface area (Å²) in [7, 11) is -3.82. The maximum Gasteiger partial charge on any atom is 0.337 e. The number of nitrogens with one attached hydrogen (secondary N) is 1. The third-order valence-corrected chi connectivity index (χ3v) is 4.25. The van der Waals surface area contributed by atoms with Crippen molar-refractivity contribution in [2.24, 2.45) is 5.92 Å². The maximum atomic E-state index is 11.8. The summed E-state index contributed by atoms with van der Waals surface area (Å²) < 4.78 is 25.9. The number of aromatic carboxylic acids is 1. The quantitative estimate of drug-likeness (QED) is 0.668. The van der Waals surface area contributed by atoms with Crippen LogP contribution < -0.4 is 4.72 Å². The molecule has 1 fully saturated rings. The Morgan fingerprint density at radius 1 is 1.47 bits per heavy atom. The van der Waals surface area contributed by atoms with Crippen molar-refractivity contribution in [2.75, 3.05) is 6.54 Å². The highest BCUT2D eigenvalue weighted by Gasteiger charge is 2.30. The molecule has 1 aromatic heterocycles. The molecule has 0 amide bonds. The van der Waals surface area contributed by atoms with E-state index in [0.717, 1.165) is 25.1 Å². The van der Waals surface area contributed by atoms with E-state index in [1.54, 1.807) is 0 Å². The van der Waals surface area contributed by atoms with Crippen LogP contribution in [0.1, 0.15) is 23.2 Å². The van der Waals surface area contributed by atoms with Crippen LogP contribution in [-0.4, -0.2) is 42.2 Å². The number of pyridine rings is 1. The Bertz CT molecular complexity index is 565. The number of rotatable bonds is 6. The molecule has 19 heavy (non-hydrogen) atoms. The van der Waals surface area contributed by atoms with Crippen LogP contribution in [-0.2, 0) is 10.0 Å². The van der Waals surface area contributed by atoms with Gasteiger partial charge in [0.1, 0.15) is 0 Å². The molecule has 0 saturated heterocycles. The van der Waals surface area contributed by atoms with E-state index >= 15 is 0 Å². The van der Waals surface area contributed by atoms with Gasteiger partial charge in [0.05, 0.1) is 11.7 Å². The van der Waals surface area contributed by atoms with Gasteiger partial charge in [-0.3, -0.25) is 0 Å². The number of aliphatic hydroxyl groups is 1. The molecular formula is C11H14N2O5S. The van der Waals surface area contributed by atoms with E-state index in [9.17, 15) is 18.3 Å². The minimum atomic E-state index is -3.82. The summed E-state index contributed by atoms with van der Waals surface area (Å²) in [6, 6.07) is 2.29. The zero-order chi connectivity index (χ0) is 14.0. The monoisotopic (exact) mass is 286 g/mol. The fourth-order valence-electron chi connectivity index (χ4n) is 1.58. The highest BCUT2D eigenvalue weighted by atomic mass is 32.2. The predicted octanol–water partition coefficient (Wildman–Crippen LogP) is -0.171. The average molecular weight is 286 g/mol. The lowest BCUT2D eigenvalue weighted by Gasteiger charge is -2.10. The number of sulfonamides is 1. The van der Waals surface area contributed by atoms with Crippen LogP contribution in [0.3, 0.4) is 0 Å². The number of aromatic nitrogens is 1. The standard InChI is InChI=1S/C11H14N2O5S/c14-9(7-1-2-7)6-13-19(17,18)10-4-3-8(5-12-10)11(15)16/h3-5,7,9,13-14H,1-2,6H2,(H,15,16). The molecule has 0 spiro atoms. The smallest absolute Gasteiger partial charge is 0.337 e. The molecule has 1 aliphatic rings. The summed E-state index contributed by atoms with van der Waals surface area (Å²) in [5, 5.41) is 18.0. The molecule has 1 heterocycles. The van der Waals surface area contributed by atoms with Crippen LogP contribution >= 0.6 is 0 Å². The second kappa shape index (κ2) is 5.24. The highest BCUT2D eigenvalue weighted by Crippen LogP contribution is 2.32. The van der Waals surface area contributed by atoms with Crippen LogP contribution in [0.15, 0.2) is 23.4 Å². The molecule has 1 unspecified atom stereocenters. The summed E-state index contributed by atoms with van der Waals surface area (Å²) in [5.41, 5.74) is -0.0861. The van der Waals surface area contributed by atoms with Crippen molar-refractivity contribution in [1.82, 2.24) is 9.71 Å². The van der Waals surface area contributed by atoms with E-state index in [0.29, 0.717) is 0 Å². The Morgan fingerprint density at radius 2 is 2.16 bits per heavy atom. The number of hydrogen-bond donors (Lipinski definition) is 3. The molecule has 0 bridgehead atoms. The van der Waals surface area contributed by atoms with Crippen LogP contribution in [0.4, 0.5) is 0 Å². The van der Waals surface area contributed by atoms with Gasteiger partial charge in [-0.25, -0.2) is 22.9 Å². The van der Waals surface area contributed by atoms with Crippen molar-refractivity contribution in [3.8, 4) is 0 Å². The van der Waals surface area contributed by atoms with E-state index in [1.165, 1.54) is 6.07 Å². The van der Waals surface area contributed by atoms with Gasteiger partial charge in [-0.1, -0.05) is 0 Å². The number of hydrogen-bond acceptors (Lipinski definition) is 5. The number of carboxylic acids is 1. The molecule has 0 aliphatic heterocycles.